The van der Waals surface area contributed by atoms with E-state index in [0.29, 0.717) is 34.4 Å². The lowest BCUT2D eigenvalue weighted by Gasteiger charge is -2.37. The van der Waals surface area contributed by atoms with Crippen LogP contribution in [0, 0.1) is 5.92 Å². The number of fused-ring (bicyclic) bond motifs is 1. The van der Waals surface area contributed by atoms with Gasteiger partial charge in [0.1, 0.15) is 5.58 Å². The maximum absolute atomic E-state index is 13.3. The highest BCUT2D eigenvalue weighted by atomic mass is 16.5. The molecule has 1 N–H and O–H groups in total. The number of nitrogens with zero attached hydrogens (tertiary/aromatic N) is 1. The molecule has 1 aromatic heterocycles. The molecule has 0 spiro atoms. The van der Waals surface area contributed by atoms with Gasteiger partial charge in [0.15, 0.2) is 17.3 Å². The van der Waals surface area contributed by atoms with Crippen LogP contribution in [-0.2, 0) is 0 Å². The quantitative estimate of drug-likeness (QED) is 0.323. The summed E-state index contributed by atoms with van der Waals surface area (Å²) in [6, 6.07) is 22.7. The Hall–Kier alpha value is -3.77. The number of piperidine rings is 1. The standard InChI is InChI=1S/C30H32N2O4/c1-20-16-18-32(19-17-20)27(23-13-9-15-25(34-2)28(23)35-3)29-26(22-12-7-8-14-24(22)36-29)31-30(33)21-10-5-4-6-11-21/h4-15,20,27H,16-19H2,1-3H3,(H,31,33)/t27-/m0/s1. The molecule has 6 heteroatoms. The number of para-hydroxylation sites is 2. The topological polar surface area (TPSA) is 63.9 Å². The summed E-state index contributed by atoms with van der Waals surface area (Å²) in [5.41, 5.74) is 2.96. The van der Waals surface area contributed by atoms with Crippen LogP contribution in [0.3, 0.4) is 0 Å². The van der Waals surface area contributed by atoms with Crippen LogP contribution in [0.5, 0.6) is 11.5 Å². The van der Waals surface area contributed by atoms with Gasteiger partial charge in [-0.15, -0.1) is 0 Å². The summed E-state index contributed by atoms with van der Waals surface area (Å²) in [6.45, 7) is 4.12. The van der Waals surface area contributed by atoms with Crippen LogP contribution in [0.4, 0.5) is 5.69 Å². The van der Waals surface area contributed by atoms with Crippen molar-refractivity contribution in [3.63, 3.8) is 0 Å². The summed E-state index contributed by atoms with van der Waals surface area (Å²) in [7, 11) is 3.30. The molecule has 1 amide bonds. The number of hydrogen-bond acceptors (Lipinski definition) is 5. The number of nitrogens with one attached hydrogen (secondary N) is 1. The molecule has 1 atom stereocenters. The maximum Gasteiger partial charge on any atom is 0.255 e. The molecule has 1 aliphatic heterocycles. The average Bonchev–Trinajstić information content (AvgIpc) is 3.27. The van der Waals surface area contributed by atoms with Crippen LogP contribution in [0.15, 0.2) is 77.2 Å². The molecule has 6 nitrogen and oxygen atoms in total. The predicted octanol–water partition coefficient (Wildman–Crippen LogP) is 6.52. The van der Waals surface area contributed by atoms with E-state index in [0.717, 1.165) is 42.5 Å². The number of carbonyl (C=O) groups excluding carboxylic acids is 1. The van der Waals surface area contributed by atoms with Crippen molar-refractivity contribution in [3.8, 4) is 11.5 Å². The minimum absolute atomic E-state index is 0.174. The molecule has 3 aromatic carbocycles. The lowest BCUT2D eigenvalue weighted by molar-refractivity contribution is 0.102. The number of rotatable bonds is 7. The van der Waals surface area contributed by atoms with E-state index in [4.69, 9.17) is 13.9 Å². The van der Waals surface area contributed by atoms with Crippen molar-refractivity contribution in [2.45, 2.75) is 25.8 Å². The van der Waals surface area contributed by atoms with Gasteiger partial charge < -0.3 is 19.2 Å². The SMILES string of the molecule is COc1cccc([C@@H](c2oc3ccccc3c2NC(=O)c2ccccc2)N2CCC(C)CC2)c1OC. The van der Waals surface area contributed by atoms with Gasteiger partial charge in [0.05, 0.1) is 25.9 Å². The molecule has 0 radical (unpaired) electrons. The van der Waals surface area contributed by atoms with Crippen molar-refractivity contribution in [2.24, 2.45) is 5.92 Å². The smallest absolute Gasteiger partial charge is 0.255 e. The zero-order valence-corrected chi connectivity index (χ0v) is 21.0. The third kappa shape index (κ3) is 4.56. The van der Waals surface area contributed by atoms with Gasteiger partial charge in [0, 0.05) is 16.5 Å². The van der Waals surface area contributed by atoms with Gasteiger partial charge in [0.2, 0.25) is 0 Å². The third-order valence-corrected chi connectivity index (χ3v) is 7.06. The first-order chi connectivity index (χ1) is 17.6. The molecule has 36 heavy (non-hydrogen) atoms. The van der Waals surface area contributed by atoms with Crippen LogP contribution in [0.2, 0.25) is 0 Å². The van der Waals surface area contributed by atoms with Gasteiger partial charge in [-0.1, -0.05) is 49.4 Å². The van der Waals surface area contributed by atoms with Crippen molar-refractivity contribution in [1.82, 2.24) is 4.90 Å². The number of hydrogen-bond donors (Lipinski definition) is 1. The van der Waals surface area contributed by atoms with Crippen LogP contribution in [-0.4, -0.2) is 38.1 Å². The molecule has 5 rings (SSSR count). The summed E-state index contributed by atoms with van der Waals surface area (Å²) in [5, 5.41) is 4.05. The number of methoxy groups -OCH3 is 2. The van der Waals surface area contributed by atoms with Crippen molar-refractivity contribution < 1.29 is 18.7 Å². The van der Waals surface area contributed by atoms with Gasteiger partial charge in [-0.05, 0) is 62.2 Å². The molecule has 1 saturated heterocycles. The zero-order valence-electron chi connectivity index (χ0n) is 21.0. The number of furan rings is 1. The largest absolute Gasteiger partial charge is 0.493 e. The minimum atomic E-state index is -0.263. The zero-order chi connectivity index (χ0) is 25.1. The Morgan fingerprint density at radius 3 is 2.39 bits per heavy atom. The molecule has 0 saturated carbocycles. The van der Waals surface area contributed by atoms with E-state index in [-0.39, 0.29) is 11.9 Å². The van der Waals surface area contributed by atoms with E-state index in [1.165, 1.54) is 0 Å². The van der Waals surface area contributed by atoms with Gasteiger partial charge in [-0.25, -0.2) is 0 Å². The normalized spacial score (nSPS) is 15.5. The molecule has 0 aliphatic carbocycles. The minimum Gasteiger partial charge on any atom is -0.493 e. The summed E-state index contributed by atoms with van der Waals surface area (Å²) in [4.78, 5) is 15.7. The monoisotopic (exact) mass is 484 g/mol. The highest BCUT2D eigenvalue weighted by molar-refractivity contribution is 6.09. The van der Waals surface area contributed by atoms with Crippen LogP contribution in [0.25, 0.3) is 11.0 Å². The van der Waals surface area contributed by atoms with Crippen LogP contribution < -0.4 is 14.8 Å². The van der Waals surface area contributed by atoms with Crippen molar-refractivity contribution in [3.05, 3.63) is 89.7 Å². The fourth-order valence-electron chi connectivity index (χ4n) is 5.08. The Bertz CT molecular complexity index is 1340. The predicted molar refractivity (Wildman–Crippen MR) is 142 cm³/mol. The van der Waals surface area contributed by atoms with E-state index in [9.17, 15) is 4.79 Å². The van der Waals surface area contributed by atoms with Gasteiger partial charge in [0.25, 0.3) is 5.91 Å². The van der Waals surface area contributed by atoms with Gasteiger partial charge in [-0.3, -0.25) is 9.69 Å². The molecule has 0 unspecified atom stereocenters. The fraction of sp³-hybridized carbons (Fsp3) is 0.300. The summed E-state index contributed by atoms with van der Waals surface area (Å²) in [6.07, 6.45) is 2.18. The van der Waals surface area contributed by atoms with E-state index in [1.807, 2.05) is 66.7 Å². The Kier molecular flexibility index (Phi) is 6.96. The molecule has 1 fully saturated rings. The van der Waals surface area contributed by atoms with Crippen LogP contribution >= 0.6 is 0 Å². The number of carbonyl (C=O) groups is 1. The first kappa shape index (κ1) is 23.9. The van der Waals surface area contributed by atoms with Gasteiger partial charge in [-0.2, -0.15) is 0 Å². The van der Waals surface area contributed by atoms with E-state index in [2.05, 4.69) is 23.2 Å². The Morgan fingerprint density at radius 1 is 0.944 bits per heavy atom. The van der Waals surface area contributed by atoms with Crippen molar-refractivity contribution in [2.75, 3.05) is 32.6 Å². The Balaban J connectivity index is 1.68. The fourth-order valence-corrected chi connectivity index (χ4v) is 5.08. The maximum atomic E-state index is 13.3. The summed E-state index contributed by atoms with van der Waals surface area (Å²) < 4.78 is 18.1. The summed E-state index contributed by atoms with van der Waals surface area (Å²) in [5.74, 6) is 2.52. The lowest BCUT2D eigenvalue weighted by atomic mass is 9.93. The second kappa shape index (κ2) is 10.5. The number of ether oxygens (including phenoxy) is 2. The molecule has 1 aliphatic rings. The highest BCUT2D eigenvalue weighted by Gasteiger charge is 2.35. The summed E-state index contributed by atoms with van der Waals surface area (Å²) >= 11 is 0. The van der Waals surface area contributed by atoms with E-state index < -0.39 is 0 Å². The average molecular weight is 485 g/mol. The van der Waals surface area contributed by atoms with Crippen molar-refractivity contribution in [1.29, 1.82) is 0 Å². The molecule has 2 heterocycles. The van der Waals surface area contributed by atoms with Gasteiger partial charge >= 0.3 is 0 Å². The molecule has 186 valence electrons. The second-order valence-electron chi connectivity index (χ2n) is 9.36. The van der Waals surface area contributed by atoms with E-state index in [1.54, 1.807) is 14.2 Å². The molecule has 4 aromatic rings. The second-order valence-corrected chi connectivity index (χ2v) is 9.36. The highest BCUT2D eigenvalue weighted by Crippen LogP contribution is 2.46. The Labute approximate surface area is 211 Å². The Morgan fingerprint density at radius 2 is 1.67 bits per heavy atom. The van der Waals surface area contributed by atoms with Crippen molar-refractivity contribution >= 4 is 22.6 Å². The lowest BCUT2D eigenvalue weighted by Crippen LogP contribution is -2.37. The van der Waals surface area contributed by atoms with Crippen LogP contribution in [0.1, 0.15) is 47.5 Å². The molecular weight excluding hydrogens is 452 g/mol. The third-order valence-electron chi connectivity index (χ3n) is 7.06. The molecular formula is C30H32N2O4. The first-order valence-corrected chi connectivity index (χ1v) is 12.4. The van der Waals surface area contributed by atoms with E-state index >= 15 is 0 Å². The number of likely N-dealkylation sites (tertiary alicyclic amines) is 1. The number of amides is 1. The molecule has 0 bridgehead atoms. The number of benzene rings is 3. The first-order valence-electron chi connectivity index (χ1n) is 12.4. The number of anilines is 1.